The number of alkyl halides is 1. The molecule has 2 saturated carbocycles. The second-order valence-corrected chi connectivity index (χ2v) is 16.3. The zero-order valence-electron chi connectivity index (χ0n) is 37.6. The van der Waals surface area contributed by atoms with Gasteiger partial charge in [-0.3, -0.25) is 4.79 Å². The average molecular weight is 908 g/mol. The number of aromatic hydroxyl groups is 1. The van der Waals surface area contributed by atoms with Gasteiger partial charge in [-0.25, -0.2) is 0 Å². The maximum atomic E-state index is 9.27. The smallest absolute Gasteiger partial charge is 1.00 e. The van der Waals surface area contributed by atoms with Crippen LogP contribution in [0.15, 0.2) is 97.1 Å². The van der Waals surface area contributed by atoms with Crippen molar-refractivity contribution in [2.45, 2.75) is 148 Å². The van der Waals surface area contributed by atoms with Crippen LogP contribution in [0.3, 0.4) is 0 Å². The summed E-state index contributed by atoms with van der Waals surface area (Å²) >= 11 is 3.38. The SMILES string of the molecule is CCCC1CCC(c2ccc(O)cc2)CC1.CCCCc1ccc(COc2ccc(C3CCC(CCC)CC3)cc2)cc1.Cc1ccc(CBr)cc1.O=CO[O-].[H-].[K+].[K+]. The van der Waals surface area contributed by atoms with E-state index >= 15 is 0 Å². The third kappa shape index (κ3) is 22.7. The summed E-state index contributed by atoms with van der Waals surface area (Å²) in [7, 11) is 0. The van der Waals surface area contributed by atoms with Gasteiger partial charge in [-0.2, -0.15) is 0 Å². The van der Waals surface area contributed by atoms with Gasteiger partial charge in [0, 0.05) is 5.33 Å². The van der Waals surface area contributed by atoms with E-state index in [-0.39, 0.29) is 111 Å². The van der Waals surface area contributed by atoms with Crippen LogP contribution in [0.2, 0.25) is 0 Å². The number of phenolic OH excluding ortho intramolecular Hbond substituents is 1. The number of ether oxygens (including phenoxy) is 1. The summed E-state index contributed by atoms with van der Waals surface area (Å²) < 4.78 is 6.00. The van der Waals surface area contributed by atoms with Gasteiger partial charge in [0.15, 0.2) is 0 Å². The van der Waals surface area contributed by atoms with Crippen molar-refractivity contribution >= 4 is 22.4 Å². The van der Waals surface area contributed by atoms with Crippen LogP contribution in [0.25, 0.3) is 0 Å². The van der Waals surface area contributed by atoms with Crippen LogP contribution in [-0.4, -0.2) is 11.6 Å². The molecule has 0 saturated heterocycles. The number of hydrogen-bond acceptors (Lipinski definition) is 5. The number of halogens is 1. The summed E-state index contributed by atoms with van der Waals surface area (Å²) in [6.07, 6.45) is 20.1. The first-order valence-electron chi connectivity index (χ1n) is 21.2. The van der Waals surface area contributed by atoms with E-state index in [1.165, 1.54) is 130 Å². The van der Waals surface area contributed by atoms with Crippen molar-refractivity contribution in [2.75, 3.05) is 0 Å². The second-order valence-electron chi connectivity index (χ2n) is 15.7. The number of rotatable bonds is 14. The molecule has 0 atom stereocenters. The van der Waals surface area contributed by atoms with E-state index in [1.54, 1.807) is 0 Å². The molecule has 0 heterocycles. The quantitative estimate of drug-likeness (QED) is 0.0464. The first kappa shape index (κ1) is 55.7. The fourth-order valence-corrected chi connectivity index (χ4v) is 8.37. The van der Waals surface area contributed by atoms with E-state index in [2.05, 4.69) is 133 Å². The van der Waals surface area contributed by atoms with Crippen molar-refractivity contribution in [3.8, 4) is 11.5 Å². The van der Waals surface area contributed by atoms with Gasteiger partial charge in [-0.05, 0) is 147 Å². The number of carbonyl (C=O) groups excluding carboxylic acids is 1. The predicted octanol–water partition coefficient (Wildman–Crippen LogP) is 7.59. The minimum absolute atomic E-state index is 0. The molecule has 0 aliphatic heterocycles. The Hall–Kier alpha value is -0.337. The van der Waals surface area contributed by atoms with Crippen molar-refractivity contribution in [2.24, 2.45) is 11.8 Å². The molecule has 4 aromatic rings. The molecular weight excluding hydrogens is 839 g/mol. The Balaban J connectivity index is 0.000000891. The van der Waals surface area contributed by atoms with Gasteiger partial charge >= 0.3 is 103 Å². The molecule has 4 aromatic carbocycles. The zero-order valence-corrected chi connectivity index (χ0v) is 44.4. The molecule has 0 spiro atoms. The molecule has 0 aromatic heterocycles. The first-order chi connectivity index (χ1) is 27.3. The Morgan fingerprint density at radius 1 is 0.655 bits per heavy atom. The van der Waals surface area contributed by atoms with Gasteiger partial charge in [0.05, 0.1) is 0 Å². The van der Waals surface area contributed by atoms with Crippen LogP contribution in [0.4, 0.5) is 0 Å². The van der Waals surface area contributed by atoms with Crippen LogP contribution in [0, 0.1) is 18.8 Å². The molecule has 0 radical (unpaired) electrons. The Kier molecular flexibility index (Phi) is 32.8. The van der Waals surface area contributed by atoms with Crippen molar-refractivity contribution in [3.63, 3.8) is 0 Å². The minimum Gasteiger partial charge on any atom is -1.00 e. The largest absolute Gasteiger partial charge is 1.00 e. The normalized spacial score (nSPS) is 18.1. The Morgan fingerprint density at radius 2 is 1.09 bits per heavy atom. The molecule has 2 aliphatic rings. The molecule has 2 fully saturated rings. The number of hydrogen-bond donors (Lipinski definition) is 1. The maximum Gasteiger partial charge on any atom is 1.00 e. The van der Waals surface area contributed by atoms with E-state index in [0.717, 1.165) is 34.8 Å². The number of aryl methyl sites for hydroxylation is 2. The third-order valence-electron chi connectivity index (χ3n) is 11.4. The van der Waals surface area contributed by atoms with E-state index in [1.807, 2.05) is 12.1 Å². The fraction of sp³-hybridized carbons (Fsp3) is 0.500. The maximum absolute atomic E-state index is 9.27. The summed E-state index contributed by atoms with van der Waals surface area (Å²) in [5.41, 5.74) is 8.23. The van der Waals surface area contributed by atoms with Crippen LogP contribution < -0.4 is 113 Å². The van der Waals surface area contributed by atoms with Crippen molar-refractivity contribution < 1.29 is 129 Å². The topological polar surface area (TPSA) is 78.8 Å². The van der Waals surface area contributed by atoms with Gasteiger partial charge in [0.2, 0.25) is 0 Å². The monoisotopic (exact) mass is 906 g/mol. The Bertz CT molecular complexity index is 1570. The molecule has 58 heavy (non-hydrogen) atoms. The summed E-state index contributed by atoms with van der Waals surface area (Å²) in [6.45, 7) is 9.40. The third-order valence-corrected chi connectivity index (χ3v) is 12.0. The van der Waals surface area contributed by atoms with E-state index in [9.17, 15) is 5.11 Å². The van der Waals surface area contributed by atoms with Gasteiger partial charge in [-0.15, -0.1) is 0 Å². The van der Waals surface area contributed by atoms with Crippen LogP contribution in [0.1, 0.15) is 157 Å². The number of unbranched alkanes of at least 4 members (excludes halogenated alkanes) is 1. The predicted molar refractivity (Wildman–Crippen MR) is 235 cm³/mol. The molecular formula is C50H69BrK2O5. The summed E-state index contributed by atoms with van der Waals surface area (Å²) in [4.78, 5) is 11.2. The second kappa shape index (κ2) is 34.2. The van der Waals surface area contributed by atoms with Crippen molar-refractivity contribution in [3.05, 3.63) is 130 Å². The first-order valence-corrected chi connectivity index (χ1v) is 22.4. The van der Waals surface area contributed by atoms with Crippen molar-refractivity contribution in [1.29, 1.82) is 0 Å². The number of benzene rings is 4. The standard InChI is InChI=1S/C26H36O.C15H22O.C8H9Br.CH2O3.2K.H/c1-3-5-7-22-8-10-23(11-9-22)20-27-26-18-16-25(17-19-26)24-14-12-21(6-4-2)13-15-24;1-2-3-12-4-6-13(7-5-12)14-8-10-15(16)11-9-14;1-7-2-4-8(6-9)5-3-7;2-1-4-3;;;/h8-11,16-19,21,24H,3-7,12-15,20H2,1-2H3;8-13,16H,2-7H2,1H3;2-5H,6H2,1H3;1,3H;;;/q;;;;2*+1;-1/p-1. The van der Waals surface area contributed by atoms with E-state index < -0.39 is 0 Å². The molecule has 0 unspecified atom stereocenters. The fourth-order valence-electron chi connectivity index (χ4n) is 8.00. The van der Waals surface area contributed by atoms with E-state index in [4.69, 9.17) is 14.8 Å². The summed E-state index contributed by atoms with van der Waals surface area (Å²) in [5, 5.41) is 18.6. The molecule has 1 N–H and O–H groups in total. The van der Waals surface area contributed by atoms with Crippen LogP contribution in [-0.2, 0) is 28.0 Å². The molecule has 8 heteroatoms. The average Bonchev–Trinajstić information content (AvgIpc) is 3.25. The molecule has 0 amide bonds. The summed E-state index contributed by atoms with van der Waals surface area (Å²) in [5.74, 6) is 4.79. The van der Waals surface area contributed by atoms with Crippen LogP contribution in [0.5, 0.6) is 11.5 Å². The van der Waals surface area contributed by atoms with Gasteiger partial charge in [0.1, 0.15) is 18.1 Å². The van der Waals surface area contributed by atoms with Gasteiger partial charge in [-0.1, -0.05) is 147 Å². The molecule has 0 bridgehead atoms. The summed E-state index contributed by atoms with van der Waals surface area (Å²) in [6, 6.07) is 34.1. The molecule has 308 valence electrons. The molecule has 2 aliphatic carbocycles. The molecule has 5 nitrogen and oxygen atoms in total. The Morgan fingerprint density at radius 3 is 1.50 bits per heavy atom. The Labute approximate surface area is 446 Å². The van der Waals surface area contributed by atoms with Crippen LogP contribution >= 0.6 is 15.9 Å². The number of carbonyl (C=O) groups is 1. The minimum atomic E-state index is -0.181. The zero-order chi connectivity index (χ0) is 40.4. The number of phenols is 1. The van der Waals surface area contributed by atoms with Gasteiger partial charge in [0.25, 0.3) is 6.47 Å². The molecule has 6 rings (SSSR count). The van der Waals surface area contributed by atoms with Gasteiger partial charge < -0.3 is 21.4 Å². The van der Waals surface area contributed by atoms with Crippen molar-refractivity contribution in [1.82, 2.24) is 0 Å². The van der Waals surface area contributed by atoms with E-state index in [0.29, 0.717) is 12.4 Å².